The number of fused-ring (bicyclic) bond motifs is 3. The summed E-state index contributed by atoms with van der Waals surface area (Å²) in [5, 5.41) is 10.2. The third-order valence-corrected chi connectivity index (χ3v) is 6.46. The highest BCUT2D eigenvalue weighted by Crippen LogP contribution is 2.28. The van der Waals surface area contributed by atoms with Crippen molar-refractivity contribution in [2.75, 3.05) is 31.1 Å². The van der Waals surface area contributed by atoms with Gasteiger partial charge in [-0.15, -0.1) is 10.2 Å². The molecule has 7 nitrogen and oxygen atoms in total. The molecule has 1 aliphatic rings. The number of nitrogens with zero attached hydrogens (tertiary/aromatic N) is 6. The minimum Gasteiger partial charge on any atom is -0.339 e. The lowest BCUT2D eigenvalue weighted by Gasteiger charge is -2.37. The van der Waals surface area contributed by atoms with Crippen LogP contribution in [0.2, 0.25) is 5.02 Å². The molecule has 0 N–H and O–H groups in total. The lowest BCUT2D eigenvalue weighted by molar-refractivity contribution is -0.133. The third-order valence-electron chi connectivity index (χ3n) is 6.23. The van der Waals surface area contributed by atoms with E-state index in [2.05, 4.69) is 22.0 Å². The second kappa shape index (κ2) is 8.39. The number of piperazine rings is 1. The van der Waals surface area contributed by atoms with Gasteiger partial charge in [0.1, 0.15) is 5.82 Å². The summed E-state index contributed by atoms with van der Waals surface area (Å²) < 4.78 is 1.99. The highest BCUT2D eigenvalue weighted by Gasteiger charge is 2.29. The molecule has 32 heavy (non-hydrogen) atoms. The van der Waals surface area contributed by atoms with Crippen LogP contribution in [0.4, 0.5) is 5.95 Å². The van der Waals surface area contributed by atoms with Crippen molar-refractivity contribution in [3.05, 3.63) is 64.9 Å². The summed E-state index contributed by atoms with van der Waals surface area (Å²) in [4.78, 5) is 22.4. The van der Waals surface area contributed by atoms with E-state index < -0.39 is 0 Å². The van der Waals surface area contributed by atoms with E-state index in [1.807, 2.05) is 64.8 Å². The van der Waals surface area contributed by atoms with Crippen LogP contribution in [-0.2, 0) is 4.79 Å². The first-order chi connectivity index (χ1) is 15.6. The maximum atomic E-state index is 13.3. The third kappa shape index (κ3) is 3.56. The van der Waals surface area contributed by atoms with Gasteiger partial charge < -0.3 is 9.80 Å². The van der Waals surface area contributed by atoms with Gasteiger partial charge in [-0.3, -0.25) is 4.79 Å². The maximum absolute atomic E-state index is 13.3. The summed E-state index contributed by atoms with van der Waals surface area (Å²) >= 11 is 6.22. The van der Waals surface area contributed by atoms with Crippen molar-refractivity contribution < 1.29 is 4.79 Å². The average Bonchev–Trinajstić information content (AvgIpc) is 3.21. The molecule has 2 aromatic carbocycles. The number of rotatable bonds is 4. The van der Waals surface area contributed by atoms with E-state index in [1.54, 1.807) is 0 Å². The van der Waals surface area contributed by atoms with Gasteiger partial charge >= 0.3 is 0 Å². The molecular formula is C24H25ClN6O. The minimum absolute atomic E-state index is 0.101. The van der Waals surface area contributed by atoms with E-state index >= 15 is 0 Å². The molecule has 0 unspecified atom stereocenters. The Morgan fingerprint density at radius 2 is 1.81 bits per heavy atom. The van der Waals surface area contributed by atoms with Crippen LogP contribution < -0.4 is 4.90 Å². The molecule has 2 aromatic heterocycles. The molecule has 3 heterocycles. The molecule has 0 bridgehead atoms. The standard InChI is InChI=1S/C24H25ClN6O/c1-3-19(17-7-5-4-6-8-17)23(32)29-11-13-30(14-12-29)24-26-21-15-18(25)9-10-20(21)22-28-27-16(2)31(22)24/h4-10,15,19H,3,11-14H2,1-2H3/t19-/m1/s1. The Bertz CT molecular complexity index is 1280. The Balaban J connectivity index is 1.41. The minimum atomic E-state index is -0.101. The van der Waals surface area contributed by atoms with Crippen LogP contribution >= 0.6 is 11.6 Å². The molecule has 0 radical (unpaired) electrons. The van der Waals surface area contributed by atoms with Crippen molar-refractivity contribution in [3.8, 4) is 0 Å². The van der Waals surface area contributed by atoms with Gasteiger partial charge in [-0.1, -0.05) is 48.9 Å². The van der Waals surface area contributed by atoms with Crippen molar-refractivity contribution in [2.45, 2.75) is 26.2 Å². The van der Waals surface area contributed by atoms with E-state index in [1.165, 1.54) is 0 Å². The number of amides is 1. The molecule has 8 heteroatoms. The van der Waals surface area contributed by atoms with Crippen LogP contribution in [0, 0.1) is 6.92 Å². The maximum Gasteiger partial charge on any atom is 0.230 e. The predicted octanol–water partition coefficient (Wildman–Crippen LogP) is 4.08. The first-order valence-electron chi connectivity index (χ1n) is 11.0. The number of aromatic nitrogens is 4. The lowest BCUT2D eigenvalue weighted by atomic mass is 9.95. The monoisotopic (exact) mass is 448 g/mol. The van der Waals surface area contributed by atoms with E-state index in [-0.39, 0.29) is 11.8 Å². The van der Waals surface area contributed by atoms with Crippen molar-refractivity contribution in [2.24, 2.45) is 0 Å². The largest absolute Gasteiger partial charge is 0.339 e. The number of hydrogen-bond donors (Lipinski definition) is 0. The molecule has 1 amide bonds. The second-order valence-corrected chi connectivity index (χ2v) is 8.60. The number of benzene rings is 2. The van der Waals surface area contributed by atoms with Gasteiger partial charge in [0.2, 0.25) is 11.9 Å². The highest BCUT2D eigenvalue weighted by molar-refractivity contribution is 6.31. The van der Waals surface area contributed by atoms with Crippen LogP contribution in [0.15, 0.2) is 48.5 Å². The van der Waals surface area contributed by atoms with Crippen LogP contribution in [0.5, 0.6) is 0 Å². The van der Waals surface area contributed by atoms with Gasteiger partial charge in [-0.25, -0.2) is 9.38 Å². The zero-order valence-electron chi connectivity index (χ0n) is 18.2. The van der Waals surface area contributed by atoms with Crippen molar-refractivity contribution in [1.29, 1.82) is 0 Å². The molecular weight excluding hydrogens is 424 g/mol. The second-order valence-electron chi connectivity index (χ2n) is 8.16. The molecule has 0 aliphatic carbocycles. The predicted molar refractivity (Wildman–Crippen MR) is 126 cm³/mol. The molecule has 1 aliphatic heterocycles. The Labute approximate surface area is 191 Å². The Kier molecular flexibility index (Phi) is 5.43. The summed E-state index contributed by atoms with van der Waals surface area (Å²) in [6, 6.07) is 15.7. The molecule has 164 valence electrons. The zero-order valence-corrected chi connectivity index (χ0v) is 19.0. The Morgan fingerprint density at radius 1 is 1.06 bits per heavy atom. The first-order valence-corrected chi connectivity index (χ1v) is 11.3. The quantitative estimate of drug-likeness (QED) is 0.470. The molecule has 1 atom stereocenters. The normalized spacial score (nSPS) is 15.5. The van der Waals surface area contributed by atoms with E-state index in [0.29, 0.717) is 31.2 Å². The summed E-state index contributed by atoms with van der Waals surface area (Å²) in [6.07, 6.45) is 0.788. The summed E-state index contributed by atoms with van der Waals surface area (Å²) in [6.45, 7) is 6.70. The average molecular weight is 449 g/mol. The Hall–Kier alpha value is -3.19. The van der Waals surface area contributed by atoms with Crippen LogP contribution in [0.1, 0.15) is 30.7 Å². The number of carbonyl (C=O) groups excluding carboxylic acids is 1. The fourth-order valence-electron chi connectivity index (χ4n) is 4.52. The first kappa shape index (κ1) is 20.7. The zero-order chi connectivity index (χ0) is 22.2. The number of aryl methyl sites for hydroxylation is 1. The smallest absolute Gasteiger partial charge is 0.230 e. The SMILES string of the molecule is CC[C@@H](C(=O)N1CCN(c2nc3cc(Cl)ccc3c3nnc(C)n23)CC1)c1ccccc1. The fourth-order valence-corrected chi connectivity index (χ4v) is 4.68. The molecule has 4 aromatic rings. The summed E-state index contributed by atoms with van der Waals surface area (Å²) in [5.41, 5.74) is 2.64. The Morgan fingerprint density at radius 3 is 2.53 bits per heavy atom. The van der Waals surface area contributed by atoms with Crippen molar-refractivity contribution in [3.63, 3.8) is 0 Å². The van der Waals surface area contributed by atoms with Gasteiger partial charge in [0.25, 0.3) is 0 Å². The van der Waals surface area contributed by atoms with Crippen molar-refractivity contribution >= 4 is 40.0 Å². The van der Waals surface area contributed by atoms with Gasteiger partial charge in [-0.2, -0.15) is 0 Å². The topological polar surface area (TPSA) is 66.6 Å². The van der Waals surface area contributed by atoms with E-state index in [0.717, 1.165) is 40.3 Å². The summed E-state index contributed by atoms with van der Waals surface area (Å²) in [7, 11) is 0. The number of halogens is 1. The van der Waals surface area contributed by atoms with E-state index in [4.69, 9.17) is 16.6 Å². The van der Waals surface area contributed by atoms with Gasteiger partial charge in [0, 0.05) is 36.6 Å². The van der Waals surface area contributed by atoms with Gasteiger partial charge in [-0.05, 0) is 37.1 Å². The molecule has 5 rings (SSSR count). The van der Waals surface area contributed by atoms with Crippen molar-refractivity contribution in [1.82, 2.24) is 24.5 Å². The van der Waals surface area contributed by atoms with E-state index in [9.17, 15) is 4.79 Å². The van der Waals surface area contributed by atoms with Crippen LogP contribution in [0.25, 0.3) is 16.6 Å². The number of hydrogen-bond acceptors (Lipinski definition) is 5. The highest BCUT2D eigenvalue weighted by atomic mass is 35.5. The fraction of sp³-hybridized carbons (Fsp3) is 0.333. The van der Waals surface area contributed by atoms with Crippen LogP contribution in [-0.4, -0.2) is 56.6 Å². The van der Waals surface area contributed by atoms with Gasteiger partial charge in [0.15, 0.2) is 5.65 Å². The summed E-state index contributed by atoms with van der Waals surface area (Å²) in [5.74, 6) is 1.67. The molecule has 0 saturated carbocycles. The number of carbonyl (C=O) groups is 1. The molecule has 0 spiro atoms. The lowest BCUT2D eigenvalue weighted by Crippen LogP contribution is -2.50. The van der Waals surface area contributed by atoms with Gasteiger partial charge in [0.05, 0.1) is 11.4 Å². The van der Waals surface area contributed by atoms with Crippen LogP contribution in [0.3, 0.4) is 0 Å². The molecule has 1 saturated heterocycles. The number of anilines is 1. The molecule has 1 fully saturated rings.